The first-order chi connectivity index (χ1) is 14.2. The number of hydrogen-bond donors (Lipinski definition) is 1. The second-order valence-corrected chi connectivity index (χ2v) is 8.49. The first-order valence-electron chi connectivity index (χ1n) is 10.4. The minimum absolute atomic E-state index is 0.0125. The summed E-state index contributed by atoms with van der Waals surface area (Å²) in [6.45, 7) is 10.1. The van der Waals surface area contributed by atoms with Gasteiger partial charge in [-0.2, -0.15) is 0 Å². The lowest BCUT2D eigenvalue weighted by molar-refractivity contribution is -0.127. The Bertz CT molecular complexity index is 757. The number of piperidine rings is 1. The SMILES string of the molecule is CCOC(=O)Oc1ccc(C(=O)NCC2CCN(C(=O)/C=C/C(C)(C)C)CC2)cc1. The van der Waals surface area contributed by atoms with E-state index in [0.29, 0.717) is 36.9 Å². The maximum Gasteiger partial charge on any atom is 0.513 e. The van der Waals surface area contributed by atoms with E-state index >= 15 is 0 Å². The van der Waals surface area contributed by atoms with Crippen LogP contribution in [0.3, 0.4) is 0 Å². The third-order valence-electron chi connectivity index (χ3n) is 4.78. The molecular formula is C23H32N2O5. The molecule has 0 aliphatic carbocycles. The Hall–Kier alpha value is -2.83. The van der Waals surface area contributed by atoms with Crippen LogP contribution in [-0.2, 0) is 9.53 Å². The summed E-state index contributed by atoms with van der Waals surface area (Å²) in [6.07, 6.45) is 4.55. The van der Waals surface area contributed by atoms with Crippen LogP contribution in [-0.4, -0.2) is 49.1 Å². The molecule has 1 saturated heterocycles. The topological polar surface area (TPSA) is 84.9 Å². The summed E-state index contributed by atoms with van der Waals surface area (Å²) in [6, 6.07) is 6.32. The van der Waals surface area contributed by atoms with E-state index < -0.39 is 6.16 Å². The monoisotopic (exact) mass is 416 g/mol. The molecule has 0 atom stereocenters. The van der Waals surface area contributed by atoms with Crippen LogP contribution in [0.1, 0.15) is 50.9 Å². The standard InChI is InChI=1S/C23H32N2O5/c1-5-29-22(28)30-19-8-6-18(7-9-19)21(27)24-16-17-11-14-25(15-12-17)20(26)10-13-23(2,3)4/h6-10,13,17H,5,11-12,14-16H2,1-4H3,(H,24,27)/b13-10+. The molecular weight excluding hydrogens is 384 g/mol. The lowest BCUT2D eigenvalue weighted by atomic mass is 9.95. The Morgan fingerprint density at radius 1 is 1.13 bits per heavy atom. The van der Waals surface area contributed by atoms with Gasteiger partial charge in [-0.05, 0) is 61.4 Å². The molecule has 2 rings (SSSR count). The first-order valence-corrected chi connectivity index (χ1v) is 10.4. The number of carbonyl (C=O) groups excluding carboxylic acids is 3. The minimum Gasteiger partial charge on any atom is -0.434 e. The van der Waals surface area contributed by atoms with Crippen LogP contribution in [0.15, 0.2) is 36.4 Å². The highest BCUT2D eigenvalue weighted by molar-refractivity contribution is 5.94. The number of amides is 2. The van der Waals surface area contributed by atoms with Crippen LogP contribution in [0.4, 0.5) is 4.79 Å². The van der Waals surface area contributed by atoms with Crippen molar-refractivity contribution < 1.29 is 23.9 Å². The van der Waals surface area contributed by atoms with Crippen LogP contribution in [0, 0.1) is 11.3 Å². The number of nitrogens with zero attached hydrogens (tertiary/aromatic N) is 1. The number of carbonyl (C=O) groups is 3. The number of likely N-dealkylation sites (tertiary alicyclic amines) is 1. The summed E-state index contributed by atoms with van der Waals surface area (Å²) in [5.41, 5.74) is 0.479. The zero-order chi connectivity index (χ0) is 22.1. The number of hydrogen-bond acceptors (Lipinski definition) is 5. The number of rotatable bonds is 6. The van der Waals surface area contributed by atoms with E-state index in [1.54, 1.807) is 37.3 Å². The average molecular weight is 417 g/mol. The highest BCUT2D eigenvalue weighted by Crippen LogP contribution is 2.19. The molecule has 0 aromatic heterocycles. The molecule has 1 N–H and O–H groups in total. The zero-order valence-corrected chi connectivity index (χ0v) is 18.3. The Morgan fingerprint density at radius 2 is 1.77 bits per heavy atom. The predicted molar refractivity (Wildman–Crippen MR) is 114 cm³/mol. The molecule has 30 heavy (non-hydrogen) atoms. The van der Waals surface area contributed by atoms with Gasteiger partial charge in [-0.1, -0.05) is 26.8 Å². The van der Waals surface area contributed by atoms with Crippen LogP contribution < -0.4 is 10.1 Å². The van der Waals surface area contributed by atoms with Crippen LogP contribution in [0.2, 0.25) is 0 Å². The van der Waals surface area contributed by atoms with Crippen LogP contribution in [0.5, 0.6) is 5.75 Å². The van der Waals surface area contributed by atoms with E-state index in [1.165, 1.54) is 0 Å². The number of ether oxygens (including phenoxy) is 2. The Labute approximate surface area is 178 Å². The van der Waals surface area contributed by atoms with Crippen molar-refractivity contribution in [2.24, 2.45) is 11.3 Å². The molecule has 1 aliphatic heterocycles. The van der Waals surface area contributed by atoms with Crippen molar-refractivity contribution in [3.8, 4) is 5.75 Å². The van der Waals surface area contributed by atoms with Gasteiger partial charge in [0, 0.05) is 25.2 Å². The number of nitrogens with one attached hydrogen (secondary N) is 1. The van der Waals surface area contributed by atoms with E-state index in [0.717, 1.165) is 12.8 Å². The molecule has 0 radical (unpaired) electrons. The largest absolute Gasteiger partial charge is 0.513 e. The fourth-order valence-corrected chi connectivity index (χ4v) is 3.04. The van der Waals surface area contributed by atoms with Gasteiger partial charge in [-0.3, -0.25) is 9.59 Å². The molecule has 1 aromatic carbocycles. The summed E-state index contributed by atoms with van der Waals surface area (Å²) in [5, 5.41) is 2.95. The van der Waals surface area contributed by atoms with Gasteiger partial charge in [0.25, 0.3) is 5.91 Å². The van der Waals surface area contributed by atoms with Gasteiger partial charge in [-0.25, -0.2) is 4.79 Å². The quantitative estimate of drug-likeness (QED) is 0.433. The predicted octanol–water partition coefficient (Wildman–Crippen LogP) is 3.79. The minimum atomic E-state index is -0.770. The highest BCUT2D eigenvalue weighted by Gasteiger charge is 2.22. The molecule has 1 heterocycles. The summed E-state index contributed by atoms with van der Waals surface area (Å²) in [5.74, 6) is 0.542. The van der Waals surface area contributed by atoms with Crippen LogP contribution >= 0.6 is 0 Å². The van der Waals surface area contributed by atoms with Gasteiger partial charge in [-0.15, -0.1) is 0 Å². The van der Waals surface area contributed by atoms with Gasteiger partial charge in [0.1, 0.15) is 5.75 Å². The average Bonchev–Trinajstić information content (AvgIpc) is 2.71. The van der Waals surface area contributed by atoms with E-state index in [-0.39, 0.29) is 23.8 Å². The molecule has 7 heteroatoms. The summed E-state index contributed by atoms with van der Waals surface area (Å²) < 4.78 is 9.69. The molecule has 1 fully saturated rings. The van der Waals surface area contributed by atoms with Crippen LogP contribution in [0.25, 0.3) is 0 Å². The van der Waals surface area contributed by atoms with Gasteiger partial charge in [0.05, 0.1) is 6.61 Å². The first kappa shape index (κ1) is 23.4. The summed E-state index contributed by atoms with van der Waals surface area (Å²) >= 11 is 0. The fourth-order valence-electron chi connectivity index (χ4n) is 3.04. The van der Waals surface area contributed by atoms with Crippen molar-refractivity contribution in [1.29, 1.82) is 0 Å². The molecule has 0 unspecified atom stereocenters. The van der Waals surface area contributed by atoms with Gasteiger partial charge < -0.3 is 19.7 Å². The van der Waals surface area contributed by atoms with E-state index in [1.807, 2.05) is 11.0 Å². The third-order valence-corrected chi connectivity index (χ3v) is 4.78. The lowest BCUT2D eigenvalue weighted by Gasteiger charge is -2.31. The molecule has 1 aliphatic rings. The smallest absolute Gasteiger partial charge is 0.434 e. The van der Waals surface area contributed by atoms with Crippen molar-refractivity contribution in [1.82, 2.24) is 10.2 Å². The molecule has 0 spiro atoms. The third kappa shape index (κ3) is 7.89. The molecule has 2 amide bonds. The molecule has 7 nitrogen and oxygen atoms in total. The Kier molecular flexibility index (Phi) is 8.45. The van der Waals surface area contributed by atoms with E-state index in [9.17, 15) is 14.4 Å². The van der Waals surface area contributed by atoms with E-state index in [2.05, 4.69) is 26.1 Å². The molecule has 0 saturated carbocycles. The highest BCUT2D eigenvalue weighted by atomic mass is 16.7. The fraction of sp³-hybridized carbons (Fsp3) is 0.522. The van der Waals surface area contributed by atoms with Crippen molar-refractivity contribution in [2.75, 3.05) is 26.2 Å². The Balaban J connectivity index is 1.75. The second-order valence-electron chi connectivity index (χ2n) is 8.49. The maximum atomic E-state index is 12.4. The zero-order valence-electron chi connectivity index (χ0n) is 18.3. The number of allylic oxidation sites excluding steroid dienone is 1. The molecule has 164 valence electrons. The Morgan fingerprint density at radius 3 is 2.33 bits per heavy atom. The molecule has 1 aromatic rings. The number of benzene rings is 1. The maximum absolute atomic E-state index is 12.4. The van der Waals surface area contributed by atoms with Crippen molar-refractivity contribution in [2.45, 2.75) is 40.5 Å². The summed E-state index contributed by atoms with van der Waals surface area (Å²) in [4.78, 5) is 37.8. The molecule has 0 bridgehead atoms. The van der Waals surface area contributed by atoms with Crippen molar-refractivity contribution in [3.05, 3.63) is 42.0 Å². The normalized spacial score (nSPS) is 15.1. The summed E-state index contributed by atoms with van der Waals surface area (Å²) in [7, 11) is 0. The lowest BCUT2D eigenvalue weighted by Crippen LogP contribution is -2.41. The van der Waals surface area contributed by atoms with Crippen molar-refractivity contribution in [3.63, 3.8) is 0 Å². The van der Waals surface area contributed by atoms with Gasteiger partial charge >= 0.3 is 6.16 Å². The van der Waals surface area contributed by atoms with E-state index in [4.69, 9.17) is 9.47 Å². The van der Waals surface area contributed by atoms with Gasteiger partial charge in [0.2, 0.25) is 5.91 Å². The van der Waals surface area contributed by atoms with Gasteiger partial charge in [0.15, 0.2) is 0 Å². The second kappa shape index (κ2) is 10.8. The van der Waals surface area contributed by atoms with Crippen molar-refractivity contribution >= 4 is 18.0 Å².